The molecule has 0 spiro atoms. The molecule has 5 nitrogen and oxygen atoms in total. The molecule has 0 unspecified atom stereocenters. The topological polar surface area (TPSA) is 67.4 Å². The average molecular weight is 238 g/mol. The zero-order chi connectivity index (χ0) is 11.9. The minimum Gasteiger partial charge on any atom is -0.383 e. The molecule has 0 atom stereocenters. The Morgan fingerprint density at radius 2 is 1.93 bits per heavy atom. The van der Waals surface area contributed by atoms with E-state index >= 15 is 0 Å². The third-order valence-electron chi connectivity index (χ3n) is 1.73. The monoisotopic (exact) mass is 238 g/mol. The molecule has 0 aromatic carbocycles. The van der Waals surface area contributed by atoms with Crippen molar-refractivity contribution >= 4 is 10.0 Å². The predicted octanol–water partition coefficient (Wildman–Crippen LogP) is -0.0597. The Kier molecular flexibility index (Phi) is 6.35. The molecule has 0 saturated carbocycles. The van der Waals surface area contributed by atoms with Gasteiger partial charge >= 0.3 is 0 Å². The van der Waals surface area contributed by atoms with Crippen LogP contribution < -0.4 is 10.0 Å². The lowest BCUT2D eigenvalue weighted by molar-refractivity contribution is 0.141. The predicted molar refractivity (Wildman–Crippen MR) is 61.4 cm³/mol. The molecule has 0 bridgehead atoms. The van der Waals surface area contributed by atoms with Gasteiger partial charge in [-0.15, -0.1) is 0 Å². The molecule has 92 valence electrons. The van der Waals surface area contributed by atoms with E-state index in [2.05, 4.69) is 10.0 Å². The van der Waals surface area contributed by atoms with E-state index in [1.165, 1.54) is 0 Å². The van der Waals surface area contributed by atoms with Crippen molar-refractivity contribution in [3.8, 4) is 0 Å². The summed E-state index contributed by atoms with van der Waals surface area (Å²) in [5.74, 6) is 0.0913. The Morgan fingerprint density at radius 1 is 1.33 bits per heavy atom. The van der Waals surface area contributed by atoms with E-state index in [4.69, 9.17) is 4.74 Å². The Hall–Kier alpha value is -0.170. The molecule has 2 N–H and O–H groups in total. The smallest absolute Gasteiger partial charge is 0.213 e. The van der Waals surface area contributed by atoms with Gasteiger partial charge in [0, 0.05) is 13.7 Å². The molecule has 0 aromatic heterocycles. The van der Waals surface area contributed by atoms with Gasteiger partial charge in [0.25, 0.3) is 0 Å². The van der Waals surface area contributed by atoms with Gasteiger partial charge in [-0.1, -0.05) is 6.92 Å². The summed E-state index contributed by atoms with van der Waals surface area (Å²) in [4.78, 5) is 0. The molecular formula is C9H22N2O3S. The molecular weight excluding hydrogens is 216 g/mol. The van der Waals surface area contributed by atoms with E-state index in [9.17, 15) is 8.42 Å². The molecule has 0 aliphatic heterocycles. The van der Waals surface area contributed by atoms with Crippen molar-refractivity contribution in [1.29, 1.82) is 0 Å². The van der Waals surface area contributed by atoms with Crippen LogP contribution in [-0.2, 0) is 14.8 Å². The van der Waals surface area contributed by atoms with Crippen LogP contribution in [0, 0.1) is 0 Å². The van der Waals surface area contributed by atoms with Crippen LogP contribution in [0.15, 0.2) is 0 Å². The molecule has 0 amide bonds. The maximum Gasteiger partial charge on any atom is 0.213 e. The third kappa shape index (κ3) is 7.72. The van der Waals surface area contributed by atoms with Crippen LogP contribution in [0.4, 0.5) is 0 Å². The van der Waals surface area contributed by atoms with E-state index in [-0.39, 0.29) is 5.75 Å². The Balaban J connectivity index is 4.13. The number of methoxy groups -OCH3 is 1. The van der Waals surface area contributed by atoms with Gasteiger partial charge in [-0.2, -0.15) is 0 Å². The fourth-order valence-electron chi connectivity index (χ4n) is 1.25. The zero-order valence-electron chi connectivity index (χ0n) is 9.96. The lowest BCUT2D eigenvalue weighted by Crippen LogP contribution is -2.48. The van der Waals surface area contributed by atoms with Crippen LogP contribution in [0.2, 0.25) is 0 Å². The Labute approximate surface area is 92.6 Å². The van der Waals surface area contributed by atoms with Crippen LogP contribution in [0.1, 0.15) is 20.8 Å². The second-order valence-electron chi connectivity index (χ2n) is 4.09. The van der Waals surface area contributed by atoms with Crippen molar-refractivity contribution in [3.05, 3.63) is 0 Å². The van der Waals surface area contributed by atoms with Gasteiger partial charge in [0.2, 0.25) is 10.0 Å². The summed E-state index contributed by atoms with van der Waals surface area (Å²) in [5.41, 5.74) is -0.556. The molecule has 0 heterocycles. The first-order valence-corrected chi connectivity index (χ1v) is 6.69. The van der Waals surface area contributed by atoms with Crippen LogP contribution in [0.5, 0.6) is 0 Å². The summed E-state index contributed by atoms with van der Waals surface area (Å²) in [7, 11) is -1.68. The van der Waals surface area contributed by atoms with Gasteiger partial charge in [0.15, 0.2) is 0 Å². The van der Waals surface area contributed by atoms with Gasteiger partial charge in [-0.05, 0) is 20.4 Å². The highest BCUT2D eigenvalue weighted by molar-refractivity contribution is 7.89. The van der Waals surface area contributed by atoms with Crippen LogP contribution in [0.3, 0.4) is 0 Å². The number of ether oxygens (including phenoxy) is 1. The van der Waals surface area contributed by atoms with Crippen molar-refractivity contribution < 1.29 is 13.2 Å². The van der Waals surface area contributed by atoms with E-state index < -0.39 is 15.6 Å². The van der Waals surface area contributed by atoms with E-state index in [0.717, 1.165) is 6.54 Å². The van der Waals surface area contributed by atoms with Crippen molar-refractivity contribution in [2.45, 2.75) is 26.3 Å². The summed E-state index contributed by atoms with van der Waals surface area (Å²) in [6, 6.07) is 0. The maximum absolute atomic E-state index is 11.6. The van der Waals surface area contributed by atoms with E-state index in [0.29, 0.717) is 13.2 Å². The number of hydrogen-bond donors (Lipinski definition) is 2. The molecule has 0 aliphatic carbocycles. The summed E-state index contributed by atoms with van der Waals surface area (Å²) in [6.45, 7) is 7.12. The largest absolute Gasteiger partial charge is 0.383 e. The highest BCUT2D eigenvalue weighted by atomic mass is 32.2. The second kappa shape index (κ2) is 6.42. The zero-order valence-corrected chi connectivity index (χ0v) is 10.8. The maximum atomic E-state index is 11.6. The van der Waals surface area contributed by atoms with Gasteiger partial charge in [-0.3, -0.25) is 0 Å². The first kappa shape index (κ1) is 14.8. The number of nitrogens with one attached hydrogen (secondary N) is 2. The third-order valence-corrected chi connectivity index (χ3v) is 3.34. The Bertz CT molecular complexity index is 263. The van der Waals surface area contributed by atoms with Crippen LogP contribution in [-0.4, -0.2) is 46.5 Å². The first-order valence-electron chi connectivity index (χ1n) is 5.04. The fraction of sp³-hybridized carbons (Fsp3) is 1.00. The van der Waals surface area contributed by atoms with E-state index in [1.54, 1.807) is 21.0 Å². The van der Waals surface area contributed by atoms with Gasteiger partial charge < -0.3 is 10.1 Å². The molecule has 6 heteroatoms. The lowest BCUT2D eigenvalue weighted by Gasteiger charge is -2.24. The Morgan fingerprint density at radius 3 is 2.40 bits per heavy atom. The summed E-state index contributed by atoms with van der Waals surface area (Å²) in [5, 5.41) is 2.97. The molecule has 0 fully saturated rings. The van der Waals surface area contributed by atoms with Crippen molar-refractivity contribution in [3.63, 3.8) is 0 Å². The highest BCUT2D eigenvalue weighted by Crippen LogP contribution is 2.04. The standard InChI is InChI=1S/C9H22N2O3S/c1-5-10-6-7-15(12,13)11-9(2,3)8-14-4/h10-11H,5-8H2,1-4H3. The van der Waals surface area contributed by atoms with Gasteiger partial charge in [0.05, 0.1) is 17.9 Å². The lowest BCUT2D eigenvalue weighted by atomic mass is 10.1. The average Bonchev–Trinajstić information content (AvgIpc) is 2.01. The van der Waals surface area contributed by atoms with Gasteiger partial charge in [-0.25, -0.2) is 13.1 Å². The molecule has 0 radical (unpaired) electrons. The summed E-state index contributed by atoms with van der Waals surface area (Å²) >= 11 is 0. The second-order valence-corrected chi connectivity index (χ2v) is 5.93. The van der Waals surface area contributed by atoms with Crippen molar-refractivity contribution in [1.82, 2.24) is 10.0 Å². The minimum atomic E-state index is -3.23. The van der Waals surface area contributed by atoms with Gasteiger partial charge in [0.1, 0.15) is 0 Å². The van der Waals surface area contributed by atoms with Crippen LogP contribution in [0.25, 0.3) is 0 Å². The normalized spacial score (nSPS) is 13.1. The molecule has 0 aromatic rings. The van der Waals surface area contributed by atoms with E-state index in [1.807, 2.05) is 6.92 Å². The molecule has 15 heavy (non-hydrogen) atoms. The van der Waals surface area contributed by atoms with Crippen molar-refractivity contribution in [2.24, 2.45) is 0 Å². The first-order chi connectivity index (χ1) is 6.83. The summed E-state index contributed by atoms with van der Waals surface area (Å²) in [6.07, 6.45) is 0. The van der Waals surface area contributed by atoms with Crippen LogP contribution >= 0.6 is 0 Å². The minimum absolute atomic E-state index is 0.0913. The quantitative estimate of drug-likeness (QED) is 0.581. The highest BCUT2D eigenvalue weighted by Gasteiger charge is 2.24. The number of sulfonamides is 1. The SMILES string of the molecule is CCNCCS(=O)(=O)NC(C)(C)COC. The molecule has 0 aliphatic rings. The summed E-state index contributed by atoms with van der Waals surface area (Å²) < 4.78 is 30.7. The molecule has 0 rings (SSSR count). The molecule has 0 saturated heterocycles. The number of hydrogen-bond acceptors (Lipinski definition) is 4. The van der Waals surface area contributed by atoms with Crippen molar-refractivity contribution in [2.75, 3.05) is 32.6 Å². The fourth-order valence-corrected chi connectivity index (χ4v) is 2.66. The number of rotatable bonds is 8.